The second-order valence-corrected chi connectivity index (χ2v) is 4.56. The van der Waals surface area contributed by atoms with E-state index in [-0.39, 0.29) is 6.61 Å². The van der Waals surface area contributed by atoms with Gasteiger partial charge in [0.15, 0.2) is 0 Å². The van der Waals surface area contributed by atoms with Crippen LogP contribution >= 0.6 is 0 Å². The van der Waals surface area contributed by atoms with Crippen molar-refractivity contribution in [3.63, 3.8) is 0 Å². The minimum atomic E-state index is 0.238. The number of rotatable bonds is 6. The molecule has 1 aromatic carbocycles. The Labute approximate surface area is 97.7 Å². The van der Waals surface area contributed by atoms with Crippen molar-refractivity contribution in [1.82, 2.24) is 5.32 Å². The van der Waals surface area contributed by atoms with E-state index < -0.39 is 0 Å². The van der Waals surface area contributed by atoms with Gasteiger partial charge in [0.2, 0.25) is 0 Å². The topological polar surface area (TPSA) is 32.3 Å². The molecule has 1 aliphatic rings. The summed E-state index contributed by atoms with van der Waals surface area (Å²) in [4.78, 5) is 0. The van der Waals surface area contributed by atoms with Gasteiger partial charge in [0.1, 0.15) is 0 Å². The van der Waals surface area contributed by atoms with Gasteiger partial charge in [-0.15, -0.1) is 0 Å². The molecule has 16 heavy (non-hydrogen) atoms. The summed E-state index contributed by atoms with van der Waals surface area (Å²) in [6.07, 6.45) is 3.50. The van der Waals surface area contributed by atoms with Crippen LogP contribution in [0.4, 0.5) is 0 Å². The Bertz CT molecular complexity index is 310. The molecule has 1 saturated carbocycles. The Kier molecular flexibility index (Phi) is 3.97. The molecular weight excluding hydrogens is 198 g/mol. The average Bonchev–Trinajstić information content (AvgIpc) is 3.13. The fourth-order valence-corrected chi connectivity index (χ4v) is 2.18. The third-order valence-corrected chi connectivity index (χ3v) is 3.26. The van der Waals surface area contributed by atoms with Crippen molar-refractivity contribution in [2.75, 3.05) is 13.2 Å². The summed E-state index contributed by atoms with van der Waals surface area (Å²) in [6.45, 7) is 3.28. The van der Waals surface area contributed by atoms with Crippen LogP contribution in [0.2, 0.25) is 0 Å². The SMILES string of the molecule is CCNC(CCO)c1ccc(C2CC2)cc1. The van der Waals surface area contributed by atoms with Crippen molar-refractivity contribution in [1.29, 1.82) is 0 Å². The lowest BCUT2D eigenvalue weighted by atomic mass is 10.0. The highest BCUT2D eigenvalue weighted by Gasteiger charge is 2.23. The van der Waals surface area contributed by atoms with Crippen LogP contribution in [0.15, 0.2) is 24.3 Å². The van der Waals surface area contributed by atoms with Crippen LogP contribution in [0.5, 0.6) is 0 Å². The zero-order valence-corrected chi connectivity index (χ0v) is 9.95. The molecule has 0 heterocycles. The summed E-state index contributed by atoms with van der Waals surface area (Å²) in [5, 5.41) is 12.4. The van der Waals surface area contributed by atoms with Gasteiger partial charge in [-0.2, -0.15) is 0 Å². The maximum absolute atomic E-state index is 9.04. The van der Waals surface area contributed by atoms with E-state index in [0.29, 0.717) is 6.04 Å². The Morgan fingerprint density at radius 2 is 2.00 bits per heavy atom. The van der Waals surface area contributed by atoms with E-state index in [4.69, 9.17) is 5.11 Å². The molecule has 1 aromatic rings. The van der Waals surface area contributed by atoms with Crippen LogP contribution < -0.4 is 5.32 Å². The largest absolute Gasteiger partial charge is 0.396 e. The van der Waals surface area contributed by atoms with Gasteiger partial charge in [0.05, 0.1) is 0 Å². The van der Waals surface area contributed by atoms with Gasteiger partial charge in [0, 0.05) is 12.6 Å². The first-order valence-corrected chi connectivity index (χ1v) is 6.29. The molecule has 0 saturated heterocycles. The first kappa shape index (κ1) is 11.6. The zero-order valence-electron chi connectivity index (χ0n) is 9.95. The molecule has 1 aliphatic carbocycles. The van der Waals surface area contributed by atoms with E-state index in [1.54, 1.807) is 0 Å². The summed E-state index contributed by atoms with van der Waals surface area (Å²) in [5.41, 5.74) is 2.77. The third kappa shape index (κ3) is 2.83. The van der Waals surface area contributed by atoms with Crippen LogP contribution in [-0.4, -0.2) is 18.3 Å². The van der Waals surface area contributed by atoms with Gasteiger partial charge in [-0.05, 0) is 42.9 Å². The Hall–Kier alpha value is -0.860. The summed E-state index contributed by atoms with van der Waals surface area (Å²) >= 11 is 0. The molecule has 2 heteroatoms. The highest BCUT2D eigenvalue weighted by Crippen LogP contribution is 2.40. The van der Waals surface area contributed by atoms with Gasteiger partial charge >= 0.3 is 0 Å². The Morgan fingerprint density at radius 3 is 2.50 bits per heavy atom. The van der Waals surface area contributed by atoms with E-state index in [1.165, 1.54) is 24.0 Å². The van der Waals surface area contributed by atoms with Crippen molar-refractivity contribution >= 4 is 0 Å². The van der Waals surface area contributed by atoms with E-state index in [1.807, 2.05) is 0 Å². The summed E-state index contributed by atoms with van der Waals surface area (Å²) in [6, 6.07) is 9.19. The smallest absolute Gasteiger partial charge is 0.0449 e. The molecule has 1 atom stereocenters. The number of hydrogen-bond acceptors (Lipinski definition) is 2. The van der Waals surface area contributed by atoms with E-state index in [2.05, 4.69) is 36.5 Å². The fourth-order valence-electron chi connectivity index (χ4n) is 2.18. The van der Waals surface area contributed by atoms with E-state index in [9.17, 15) is 0 Å². The molecule has 2 nitrogen and oxygen atoms in total. The number of aliphatic hydroxyl groups excluding tert-OH is 1. The lowest BCUT2D eigenvalue weighted by molar-refractivity contribution is 0.266. The molecule has 0 bridgehead atoms. The monoisotopic (exact) mass is 219 g/mol. The molecule has 2 N–H and O–H groups in total. The lowest BCUT2D eigenvalue weighted by Crippen LogP contribution is -2.21. The van der Waals surface area contributed by atoms with Crippen molar-refractivity contribution in [2.24, 2.45) is 0 Å². The van der Waals surface area contributed by atoms with Gasteiger partial charge in [-0.1, -0.05) is 31.2 Å². The maximum Gasteiger partial charge on any atom is 0.0449 e. The number of nitrogens with one attached hydrogen (secondary N) is 1. The van der Waals surface area contributed by atoms with Gasteiger partial charge in [-0.3, -0.25) is 0 Å². The molecule has 1 unspecified atom stereocenters. The molecule has 0 aliphatic heterocycles. The first-order chi connectivity index (χ1) is 7.85. The summed E-state index contributed by atoms with van der Waals surface area (Å²) < 4.78 is 0. The minimum Gasteiger partial charge on any atom is -0.396 e. The molecular formula is C14H21NO. The molecule has 0 aromatic heterocycles. The molecule has 0 amide bonds. The van der Waals surface area contributed by atoms with Crippen molar-refractivity contribution < 1.29 is 5.11 Å². The molecule has 2 rings (SSSR count). The van der Waals surface area contributed by atoms with Crippen molar-refractivity contribution in [3.8, 4) is 0 Å². The third-order valence-electron chi connectivity index (χ3n) is 3.26. The molecule has 1 fully saturated rings. The number of aliphatic hydroxyl groups is 1. The zero-order chi connectivity index (χ0) is 11.4. The quantitative estimate of drug-likeness (QED) is 0.771. The molecule has 0 radical (unpaired) electrons. The highest BCUT2D eigenvalue weighted by molar-refractivity contribution is 5.29. The van der Waals surface area contributed by atoms with Crippen LogP contribution in [0, 0.1) is 0 Å². The first-order valence-electron chi connectivity index (χ1n) is 6.29. The van der Waals surface area contributed by atoms with Gasteiger partial charge in [0.25, 0.3) is 0 Å². The van der Waals surface area contributed by atoms with Crippen molar-refractivity contribution in [2.45, 2.75) is 38.1 Å². The molecule has 0 spiro atoms. The maximum atomic E-state index is 9.04. The van der Waals surface area contributed by atoms with Gasteiger partial charge in [-0.25, -0.2) is 0 Å². The lowest BCUT2D eigenvalue weighted by Gasteiger charge is -2.17. The van der Waals surface area contributed by atoms with E-state index >= 15 is 0 Å². The standard InChI is InChI=1S/C14H21NO/c1-2-15-14(9-10-16)13-7-5-12(6-8-13)11-3-4-11/h5-8,11,14-16H,2-4,9-10H2,1H3. The van der Waals surface area contributed by atoms with Crippen LogP contribution in [-0.2, 0) is 0 Å². The van der Waals surface area contributed by atoms with Crippen LogP contribution in [0.3, 0.4) is 0 Å². The second kappa shape index (κ2) is 5.46. The minimum absolute atomic E-state index is 0.238. The Balaban J connectivity index is 2.04. The summed E-state index contributed by atoms with van der Waals surface area (Å²) in [5.74, 6) is 0.824. The Morgan fingerprint density at radius 1 is 1.31 bits per heavy atom. The van der Waals surface area contributed by atoms with Crippen LogP contribution in [0.1, 0.15) is 49.3 Å². The highest BCUT2D eigenvalue weighted by atomic mass is 16.3. The predicted octanol–water partition coefficient (Wildman–Crippen LogP) is 2.60. The fraction of sp³-hybridized carbons (Fsp3) is 0.571. The normalized spacial score (nSPS) is 17.4. The number of hydrogen-bond donors (Lipinski definition) is 2. The van der Waals surface area contributed by atoms with Crippen molar-refractivity contribution in [3.05, 3.63) is 35.4 Å². The average molecular weight is 219 g/mol. The molecule has 88 valence electrons. The van der Waals surface area contributed by atoms with E-state index in [0.717, 1.165) is 18.9 Å². The van der Waals surface area contributed by atoms with Crippen LogP contribution in [0.25, 0.3) is 0 Å². The summed E-state index contributed by atoms with van der Waals surface area (Å²) in [7, 11) is 0. The van der Waals surface area contributed by atoms with Gasteiger partial charge < -0.3 is 10.4 Å². The number of benzene rings is 1. The second-order valence-electron chi connectivity index (χ2n) is 4.56. The predicted molar refractivity (Wildman–Crippen MR) is 66.5 cm³/mol.